The first kappa shape index (κ1) is 31.7. The number of aromatic nitrogens is 4. The number of fused-ring (bicyclic) bond motifs is 6. The topological polar surface area (TPSA) is 122 Å². The van der Waals surface area contributed by atoms with E-state index in [0.29, 0.717) is 25.0 Å². The second kappa shape index (κ2) is 13.7. The Morgan fingerprint density at radius 1 is 0.708 bits per heavy atom. The molecule has 2 N–H and O–H groups in total. The lowest BCUT2D eigenvalue weighted by Crippen LogP contribution is -1.97. The van der Waals surface area contributed by atoms with Crippen LogP contribution in [0.4, 0.5) is 11.4 Å². The molecule has 0 amide bonds. The third kappa shape index (κ3) is 6.47. The SMILES string of the molecule is Nc1ccc(-c2cn3c(n2)sc2cc(OCCCl)ccc23)cc1.O=[N+]([O-])c1ccc(-c2cn3c(n2)sc2cc(OCCCl)ccc23)cc1. The summed E-state index contributed by atoms with van der Waals surface area (Å²) in [6.45, 7) is 0.983. The Morgan fingerprint density at radius 2 is 1.17 bits per heavy atom. The quantitative estimate of drug-likeness (QED) is 0.0684. The number of nitrogens with two attached hydrogens (primary N) is 1. The van der Waals surface area contributed by atoms with Crippen molar-refractivity contribution < 1.29 is 14.4 Å². The Balaban J connectivity index is 0.000000152. The summed E-state index contributed by atoms with van der Waals surface area (Å²) in [7, 11) is 0. The lowest BCUT2D eigenvalue weighted by molar-refractivity contribution is -0.384. The molecule has 10 nitrogen and oxygen atoms in total. The van der Waals surface area contributed by atoms with Crippen LogP contribution in [-0.2, 0) is 0 Å². The maximum absolute atomic E-state index is 10.8. The predicted octanol–water partition coefficient (Wildman–Crippen LogP) is 9.16. The Bertz CT molecular complexity index is 2380. The lowest BCUT2D eigenvalue weighted by Gasteiger charge is -2.03. The first-order valence-corrected chi connectivity index (χ1v) is 17.4. The molecule has 0 atom stereocenters. The summed E-state index contributed by atoms with van der Waals surface area (Å²) in [5, 5.41) is 10.8. The number of benzene rings is 4. The van der Waals surface area contributed by atoms with E-state index in [0.717, 1.165) is 70.1 Å². The molecule has 0 bridgehead atoms. The van der Waals surface area contributed by atoms with Crippen molar-refractivity contribution in [1.29, 1.82) is 0 Å². The Labute approximate surface area is 291 Å². The smallest absolute Gasteiger partial charge is 0.269 e. The summed E-state index contributed by atoms with van der Waals surface area (Å²) in [6.07, 6.45) is 3.99. The fourth-order valence-electron chi connectivity index (χ4n) is 5.14. The zero-order chi connectivity index (χ0) is 33.2. The van der Waals surface area contributed by atoms with E-state index in [9.17, 15) is 10.1 Å². The summed E-state index contributed by atoms with van der Waals surface area (Å²) in [5.74, 6) is 2.55. The molecule has 0 aliphatic carbocycles. The number of anilines is 1. The molecule has 14 heteroatoms. The van der Waals surface area contributed by atoms with Crippen LogP contribution >= 0.6 is 45.9 Å². The van der Waals surface area contributed by atoms with Gasteiger partial charge in [-0.25, -0.2) is 9.97 Å². The molecule has 0 saturated heterocycles. The number of alkyl halides is 2. The molecule has 4 aromatic carbocycles. The number of nitro benzene ring substituents is 1. The van der Waals surface area contributed by atoms with Crippen molar-refractivity contribution in [2.45, 2.75) is 0 Å². The van der Waals surface area contributed by atoms with Gasteiger partial charge in [0.25, 0.3) is 5.69 Å². The second-order valence-electron chi connectivity index (χ2n) is 10.5. The Morgan fingerprint density at radius 3 is 1.60 bits per heavy atom. The van der Waals surface area contributed by atoms with Crippen molar-refractivity contribution in [3.63, 3.8) is 0 Å². The van der Waals surface area contributed by atoms with E-state index in [1.807, 2.05) is 65.2 Å². The van der Waals surface area contributed by atoms with Crippen molar-refractivity contribution in [1.82, 2.24) is 18.8 Å². The summed E-state index contributed by atoms with van der Waals surface area (Å²) in [6, 6.07) is 26.1. The normalized spacial score (nSPS) is 11.3. The van der Waals surface area contributed by atoms with Crippen LogP contribution < -0.4 is 15.2 Å². The van der Waals surface area contributed by atoms with Crippen LogP contribution in [0.3, 0.4) is 0 Å². The highest BCUT2D eigenvalue weighted by atomic mass is 35.5. The van der Waals surface area contributed by atoms with E-state index in [4.69, 9.17) is 43.4 Å². The fourth-order valence-corrected chi connectivity index (χ4v) is 7.37. The van der Waals surface area contributed by atoms with E-state index in [2.05, 4.69) is 21.6 Å². The molecule has 242 valence electrons. The van der Waals surface area contributed by atoms with Gasteiger partial charge in [0, 0.05) is 41.3 Å². The minimum Gasteiger partial charge on any atom is -0.492 e. The van der Waals surface area contributed by atoms with Gasteiger partial charge in [0.15, 0.2) is 9.92 Å². The average Bonchev–Trinajstić information content (AvgIpc) is 3.86. The van der Waals surface area contributed by atoms with Crippen molar-refractivity contribution in [3.05, 3.63) is 107 Å². The molecule has 0 radical (unpaired) electrons. The van der Waals surface area contributed by atoms with E-state index in [-0.39, 0.29) is 5.69 Å². The van der Waals surface area contributed by atoms with Gasteiger partial charge in [-0.05, 0) is 60.7 Å². The third-order valence-corrected chi connectivity index (χ3v) is 9.75. The second-order valence-corrected chi connectivity index (χ2v) is 13.3. The molecule has 4 heterocycles. The lowest BCUT2D eigenvalue weighted by atomic mass is 10.1. The Hall–Kier alpha value is -4.88. The summed E-state index contributed by atoms with van der Waals surface area (Å²) >= 11 is 14.5. The van der Waals surface area contributed by atoms with Crippen molar-refractivity contribution in [2.24, 2.45) is 0 Å². The van der Waals surface area contributed by atoms with E-state index in [1.54, 1.807) is 34.8 Å². The number of nitrogen functional groups attached to an aromatic ring is 1. The largest absolute Gasteiger partial charge is 0.492 e. The Kier molecular flexibility index (Phi) is 9.04. The fraction of sp³-hybridized carbons (Fsp3) is 0.118. The molecule has 48 heavy (non-hydrogen) atoms. The number of thiazole rings is 2. The minimum absolute atomic E-state index is 0.0692. The highest BCUT2D eigenvalue weighted by Gasteiger charge is 2.13. The van der Waals surface area contributed by atoms with Gasteiger partial charge in [0.05, 0.1) is 48.5 Å². The summed E-state index contributed by atoms with van der Waals surface area (Å²) < 4.78 is 17.5. The summed E-state index contributed by atoms with van der Waals surface area (Å²) in [4.78, 5) is 21.5. The molecule has 0 aliphatic rings. The highest BCUT2D eigenvalue weighted by molar-refractivity contribution is 7.24. The van der Waals surface area contributed by atoms with Gasteiger partial charge in [-0.15, -0.1) is 23.2 Å². The number of non-ortho nitro benzene ring substituents is 1. The molecule has 0 fully saturated rings. The number of halogens is 2. The minimum atomic E-state index is -0.410. The molecule has 0 spiro atoms. The first-order chi connectivity index (χ1) is 23.4. The monoisotopic (exact) mass is 716 g/mol. The maximum Gasteiger partial charge on any atom is 0.269 e. The maximum atomic E-state index is 10.8. The predicted molar refractivity (Wildman–Crippen MR) is 196 cm³/mol. The zero-order valence-electron chi connectivity index (χ0n) is 25.1. The number of hydrogen-bond acceptors (Lipinski definition) is 9. The van der Waals surface area contributed by atoms with Gasteiger partial charge < -0.3 is 15.2 Å². The van der Waals surface area contributed by atoms with Crippen LogP contribution in [0.1, 0.15) is 0 Å². The third-order valence-electron chi connectivity index (χ3n) is 7.40. The van der Waals surface area contributed by atoms with Crippen LogP contribution in [0.25, 0.3) is 52.9 Å². The van der Waals surface area contributed by atoms with Crippen LogP contribution in [0.2, 0.25) is 0 Å². The van der Waals surface area contributed by atoms with Crippen LogP contribution in [-0.4, -0.2) is 48.7 Å². The molecule has 0 aliphatic heterocycles. The van der Waals surface area contributed by atoms with Gasteiger partial charge in [0.1, 0.15) is 24.7 Å². The molecule has 8 rings (SSSR count). The number of nitro groups is 1. The molecule has 0 saturated carbocycles. The molecular weight excluding hydrogens is 691 g/mol. The van der Waals surface area contributed by atoms with Crippen molar-refractivity contribution in [3.8, 4) is 34.0 Å². The average molecular weight is 718 g/mol. The van der Waals surface area contributed by atoms with Gasteiger partial charge in [-0.3, -0.25) is 18.9 Å². The van der Waals surface area contributed by atoms with Crippen LogP contribution in [0.5, 0.6) is 11.5 Å². The number of imidazole rings is 2. The number of nitrogens with zero attached hydrogens (tertiary/aromatic N) is 5. The molecule has 4 aromatic heterocycles. The van der Waals surface area contributed by atoms with Crippen LogP contribution in [0.15, 0.2) is 97.3 Å². The van der Waals surface area contributed by atoms with Gasteiger partial charge in [0.2, 0.25) is 0 Å². The highest BCUT2D eigenvalue weighted by Crippen LogP contribution is 2.33. The van der Waals surface area contributed by atoms with E-state index in [1.165, 1.54) is 12.1 Å². The zero-order valence-corrected chi connectivity index (χ0v) is 28.2. The molecule has 0 unspecified atom stereocenters. The van der Waals surface area contributed by atoms with E-state index >= 15 is 0 Å². The van der Waals surface area contributed by atoms with E-state index < -0.39 is 4.92 Å². The first-order valence-electron chi connectivity index (χ1n) is 14.7. The number of rotatable bonds is 9. The van der Waals surface area contributed by atoms with Gasteiger partial charge in [-0.1, -0.05) is 34.8 Å². The standard InChI is InChI=1S/C17H12ClN3O3S.C17H14ClN3OS/c18-7-8-24-13-5-6-15-16(9-13)25-17-19-14(10-20(15)17)11-1-3-12(4-2-11)21(22)23;18-7-8-22-13-5-6-15-16(9-13)23-17-20-14(10-21(15)17)11-1-3-12(19)4-2-11/h1-6,9-10H,7-8H2;1-6,9-10H,7-8,19H2. The van der Waals surface area contributed by atoms with Crippen LogP contribution in [0, 0.1) is 10.1 Å². The van der Waals surface area contributed by atoms with Gasteiger partial charge >= 0.3 is 0 Å². The van der Waals surface area contributed by atoms with Crippen molar-refractivity contribution in [2.75, 3.05) is 30.7 Å². The summed E-state index contributed by atoms with van der Waals surface area (Å²) in [5.41, 5.74) is 12.4. The van der Waals surface area contributed by atoms with Crippen molar-refractivity contribution >= 4 is 87.6 Å². The van der Waals surface area contributed by atoms with Gasteiger partial charge in [-0.2, -0.15) is 0 Å². The number of ether oxygens (including phenoxy) is 2. The number of hydrogen-bond donors (Lipinski definition) is 1. The molecular formula is C34H26Cl2N6O4S2. The molecule has 8 aromatic rings.